The van der Waals surface area contributed by atoms with Gasteiger partial charge >= 0.3 is 18.3 Å². The second-order valence-corrected chi connectivity index (χ2v) is 37.1. The Morgan fingerprint density at radius 2 is 0.896 bits per heavy atom. The topological polar surface area (TPSA) is 397 Å². The first-order chi connectivity index (χ1) is 49.2. The lowest BCUT2D eigenvalue weighted by atomic mass is 9.98. The molecule has 11 heterocycles. The molecule has 0 aromatic carbocycles. The number of fused-ring (bicyclic) bond motifs is 1. The van der Waals surface area contributed by atoms with E-state index in [9.17, 15) is 38.4 Å². The molecule has 5 aromatic rings. The van der Waals surface area contributed by atoms with Gasteiger partial charge in [-0.1, -0.05) is 20.8 Å². The molecule has 0 radical (unpaired) electrons. The van der Waals surface area contributed by atoms with E-state index >= 15 is 0 Å². The van der Waals surface area contributed by atoms with Crippen LogP contribution in [0.5, 0.6) is 0 Å². The molecule has 11 rings (SSSR count). The van der Waals surface area contributed by atoms with Crippen LogP contribution in [0.15, 0.2) is 91.6 Å². The van der Waals surface area contributed by atoms with E-state index in [0.29, 0.717) is 91.3 Å². The number of nitrogens with zero attached hydrogens (tertiary/aromatic N) is 14. The van der Waals surface area contributed by atoms with Gasteiger partial charge < -0.3 is 71.8 Å². The van der Waals surface area contributed by atoms with Crippen molar-refractivity contribution in [3.63, 3.8) is 0 Å². The number of carbonyl (C=O) groups excluding carboxylic acids is 8. The van der Waals surface area contributed by atoms with Crippen LogP contribution in [0, 0.1) is 0 Å². The van der Waals surface area contributed by atoms with Gasteiger partial charge in [0.25, 0.3) is 0 Å². The lowest BCUT2D eigenvalue weighted by Gasteiger charge is -2.46. The maximum atomic E-state index is 12.5. The Bertz CT molecular complexity index is 3860. The summed E-state index contributed by atoms with van der Waals surface area (Å²) >= 11 is 0. The average Bonchev–Trinajstić information content (AvgIpc) is 0.841. The van der Waals surface area contributed by atoms with Crippen molar-refractivity contribution in [2.45, 2.75) is 201 Å². The van der Waals surface area contributed by atoms with E-state index in [2.05, 4.69) is 63.7 Å². The molecule has 6 aliphatic heterocycles. The molecular formula is C74H111N19O12Si. The first-order valence-electron chi connectivity index (χ1n) is 35.7. The van der Waals surface area contributed by atoms with Gasteiger partial charge in [-0.2, -0.15) is 0 Å². The number of rotatable bonds is 7. The van der Waals surface area contributed by atoms with Gasteiger partial charge in [-0.25, -0.2) is 39.3 Å². The number of piperazine rings is 4. The van der Waals surface area contributed by atoms with Crippen LogP contribution in [0.25, 0.3) is 0 Å². The highest BCUT2D eigenvalue weighted by atomic mass is 28.4. The smallest absolute Gasteiger partial charge is 0.411 e. The van der Waals surface area contributed by atoms with Crippen molar-refractivity contribution >= 4 is 114 Å². The highest BCUT2D eigenvalue weighted by Gasteiger charge is 2.45. The average molecular weight is 1490 g/mol. The van der Waals surface area contributed by atoms with Gasteiger partial charge in [0.2, 0.25) is 29.5 Å². The SMILES string of the molecule is CC(C)(C)OC(=O)N1CC(=O)N(c2ccc(N)nc2)CC1(C)C.CC(C)(C)[Si](C)(C)OC1CCN(c2ccc(N)nc2)C(=O)C1.CC1CN(C(=O)OC(C)(C)C)CC(=O)N1c1ccc(N)nc1.CC1CN(c2ccc(N)nc2)C(=O)CN1C(=O)OC(C)(C)C.Nc1ccc(N2CC3CCCN3CC2=O)cn1. The lowest BCUT2D eigenvalue weighted by Crippen LogP contribution is -2.64. The van der Waals surface area contributed by atoms with E-state index in [1.165, 1.54) is 27.5 Å². The molecule has 5 aromatic heterocycles. The molecule has 6 aliphatic rings. The summed E-state index contributed by atoms with van der Waals surface area (Å²) < 4.78 is 22.4. The third kappa shape index (κ3) is 23.3. The second kappa shape index (κ2) is 34.1. The Labute approximate surface area is 623 Å². The van der Waals surface area contributed by atoms with Crippen LogP contribution < -0.4 is 53.2 Å². The minimum atomic E-state index is -1.83. The highest BCUT2D eigenvalue weighted by molar-refractivity contribution is 6.74. The van der Waals surface area contributed by atoms with Crippen molar-refractivity contribution in [2.75, 3.05) is 119 Å². The fourth-order valence-electron chi connectivity index (χ4n) is 12.0. The van der Waals surface area contributed by atoms with Crippen LogP contribution in [-0.4, -0.2) is 213 Å². The number of ether oxygens (including phenoxy) is 3. The summed E-state index contributed by atoms with van der Waals surface area (Å²) in [5.74, 6) is 1.89. The fraction of sp³-hybridized carbons (Fsp3) is 0.554. The zero-order valence-electron chi connectivity index (χ0n) is 64.9. The number of nitrogens with two attached hydrogens (primary N) is 5. The summed E-state index contributed by atoms with van der Waals surface area (Å²) in [5, 5.41) is 0.161. The summed E-state index contributed by atoms with van der Waals surface area (Å²) in [5.41, 5.74) is 29.2. The van der Waals surface area contributed by atoms with Crippen LogP contribution in [0.1, 0.15) is 136 Å². The fourth-order valence-corrected chi connectivity index (χ4v) is 13.4. The number of amides is 8. The van der Waals surface area contributed by atoms with Gasteiger partial charge in [-0.3, -0.25) is 43.6 Å². The summed E-state index contributed by atoms with van der Waals surface area (Å²) in [6, 6.07) is 17.6. The zero-order valence-corrected chi connectivity index (χ0v) is 65.9. The number of pyridine rings is 5. The normalized spacial score (nSPS) is 20.2. The molecule has 0 spiro atoms. The molecule has 578 valence electrons. The Kier molecular flexibility index (Phi) is 26.8. The number of carbonyl (C=O) groups is 8. The maximum Gasteiger partial charge on any atom is 0.411 e. The molecule has 32 heteroatoms. The van der Waals surface area contributed by atoms with Gasteiger partial charge in [0, 0.05) is 38.8 Å². The minimum absolute atomic E-state index is 0.0103. The lowest BCUT2D eigenvalue weighted by molar-refractivity contribution is -0.124. The van der Waals surface area contributed by atoms with Gasteiger partial charge in [0.15, 0.2) is 8.32 Å². The van der Waals surface area contributed by atoms with Crippen molar-refractivity contribution in [1.82, 2.24) is 44.5 Å². The van der Waals surface area contributed by atoms with Crippen molar-refractivity contribution in [1.29, 1.82) is 0 Å². The van der Waals surface area contributed by atoms with Gasteiger partial charge in [-0.05, 0) is 195 Å². The predicted molar refractivity (Wildman–Crippen MR) is 413 cm³/mol. The second-order valence-electron chi connectivity index (χ2n) is 32.3. The third-order valence-corrected chi connectivity index (χ3v) is 23.0. The van der Waals surface area contributed by atoms with Gasteiger partial charge in [0.05, 0.1) is 96.1 Å². The van der Waals surface area contributed by atoms with E-state index in [1.54, 1.807) is 161 Å². The highest BCUT2D eigenvalue weighted by Crippen LogP contribution is 2.39. The Balaban J connectivity index is 0.000000185. The maximum absolute atomic E-state index is 12.5. The summed E-state index contributed by atoms with van der Waals surface area (Å²) in [6.07, 6.45) is 10.3. The first-order valence-corrected chi connectivity index (χ1v) is 38.6. The van der Waals surface area contributed by atoms with Crippen molar-refractivity contribution in [2.24, 2.45) is 0 Å². The van der Waals surface area contributed by atoms with E-state index in [1.807, 2.05) is 44.7 Å². The number of hydrogen-bond donors (Lipinski definition) is 5. The van der Waals surface area contributed by atoms with Gasteiger partial charge in [-0.15, -0.1) is 0 Å². The largest absolute Gasteiger partial charge is 0.444 e. The molecule has 6 saturated heterocycles. The monoisotopic (exact) mass is 1490 g/mol. The molecule has 4 atom stereocenters. The molecule has 8 amide bonds. The minimum Gasteiger partial charge on any atom is -0.444 e. The van der Waals surface area contributed by atoms with E-state index in [0.717, 1.165) is 30.9 Å². The third-order valence-electron chi connectivity index (χ3n) is 18.4. The zero-order chi connectivity index (χ0) is 78.8. The van der Waals surface area contributed by atoms with Crippen LogP contribution in [-0.2, 0) is 42.6 Å². The molecule has 10 N–H and O–H groups in total. The number of aromatic nitrogens is 5. The van der Waals surface area contributed by atoms with Crippen LogP contribution in [0.2, 0.25) is 18.1 Å². The van der Waals surface area contributed by atoms with E-state index in [4.69, 9.17) is 47.3 Å². The van der Waals surface area contributed by atoms with E-state index in [-0.39, 0.29) is 72.4 Å². The first kappa shape index (κ1) is 83.3. The van der Waals surface area contributed by atoms with Crippen LogP contribution in [0.4, 0.5) is 71.9 Å². The molecule has 106 heavy (non-hydrogen) atoms. The number of nitrogen functional groups attached to an aromatic ring is 5. The molecule has 4 unspecified atom stereocenters. The van der Waals surface area contributed by atoms with Crippen LogP contribution >= 0.6 is 0 Å². The van der Waals surface area contributed by atoms with Gasteiger partial charge in [0.1, 0.15) is 65.5 Å². The Hall–Kier alpha value is -9.95. The van der Waals surface area contributed by atoms with Crippen molar-refractivity contribution in [3.8, 4) is 0 Å². The quantitative estimate of drug-likeness (QED) is 0.0749. The molecule has 31 nitrogen and oxygen atoms in total. The number of anilines is 10. The van der Waals surface area contributed by atoms with E-state index < -0.39 is 48.9 Å². The summed E-state index contributed by atoms with van der Waals surface area (Å²) in [7, 11) is -1.83. The summed E-state index contributed by atoms with van der Waals surface area (Å²) in [4.78, 5) is 134. The summed E-state index contributed by atoms with van der Waals surface area (Å²) in [6.45, 7) is 39.0. The standard InChI is InChI=1S/C16H24N4O3.C16H27N3O2Si.2C15H22N4O3.C12H16N4O/c1-15(2,3)23-14(22)20-9-13(21)19(10-16(20,4)5)11-6-7-12(17)18-8-11;1-16(2,3)22(4,5)21-13-8-9-19(15(20)10-13)12-6-7-14(17)18-11-12;1-10-8-19(11-5-6-12(16)17-7-11)13(20)9-18(10)14(21)22-15(2,3)4;1-10-8-18(14(21)22-15(2,3)4)9-13(20)19(10)11-5-6-12(16)17-7-11;13-11-4-3-9(6-14-11)16-7-10-2-1-5-15(10)8-12(16)17/h6-8H,9-10H2,1-5H3,(H2,17,18);6-7,11,13H,8-10H2,1-5H3,(H2,17,18);2*5-7,10H,8-9H2,1-4H3,(H2,16,17);3-4,6,10H,1-2,5,7-8H2,(H2,13,14). The molecule has 0 bridgehead atoms. The Morgan fingerprint density at radius 1 is 0.472 bits per heavy atom. The Morgan fingerprint density at radius 3 is 1.34 bits per heavy atom. The van der Waals surface area contributed by atoms with Crippen LogP contribution in [0.3, 0.4) is 0 Å². The molecular weight excluding hydrogens is 1380 g/mol. The molecule has 0 saturated carbocycles. The molecule has 6 fully saturated rings. The number of hydrogen-bond acceptors (Lipinski definition) is 23. The predicted octanol–water partition coefficient (Wildman–Crippen LogP) is 8.95. The molecule has 0 aliphatic carbocycles. The van der Waals surface area contributed by atoms with Crippen molar-refractivity contribution < 1.29 is 57.0 Å². The van der Waals surface area contributed by atoms with Crippen molar-refractivity contribution in [3.05, 3.63) is 91.6 Å². The number of piperidine rings is 1.